The summed E-state index contributed by atoms with van der Waals surface area (Å²) >= 11 is 0. The summed E-state index contributed by atoms with van der Waals surface area (Å²) in [4.78, 5) is 38.5. The first kappa shape index (κ1) is 23.9. The van der Waals surface area contributed by atoms with Gasteiger partial charge in [-0.15, -0.1) is 0 Å². The van der Waals surface area contributed by atoms with E-state index in [1.165, 1.54) is 9.31 Å². The number of piperazine rings is 1. The van der Waals surface area contributed by atoms with Gasteiger partial charge in [-0.05, 0) is 47.9 Å². The van der Waals surface area contributed by atoms with Crippen LogP contribution in [0.2, 0.25) is 0 Å². The molecule has 4 rings (SSSR count). The summed E-state index contributed by atoms with van der Waals surface area (Å²) in [5, 5.41) is 1.19. The number of hydrazine groups is 1. The van der Waals surface area contributed by atoms with Gasteiger partial charge in [-0.25, -0.2) is 13.4 Å². The molecule has 0 aromatic heterocycles. The van der Waals surface area contributed by atoms with Crippen molar-refractivity contribution in [3.63, 3.8) is 0 Å². The molecule has 1 N–H and O–H groups in total. The van der Waals surface area contributed by atoms with Crippen LogP contribution in [-0.4, -0.2) is 61.5 Å². The zero-order valence-electron chi connectivity index (χ0n) is 19.2. The number of nitrogens with one attached hydrogen (secondary N) is 1. The van der Waals surface area contributed by atoms with Crippen LogP contribution in [0.1, 0.15) is 48.5 Å². The molecule has 2 aromatic carbocycles. The highest BCUT2D eigenvalue weighted by Gasteiger charge is 2.31. The fraction of sp³-hybridized carbons (Fsp3) is 0.375. The van der Waals surface area contributed by atoms with Gasteiger partial charge in [0.15, 0.2) is 0 Å². The molecule has 0 unspecified atom stereocenters. The highest BCUT2D eigenvalue weighted by molar-refractivity contribution is 7.89. The zero-order chi connectivity index (χ0) is 24.5. The number of sulfonamides is 1. The lowest BCUT2D eigenvalue weighted by Crippen LogP contribution is -2.51. The largest absolute Gasteiger partial charge is 0.336 e. The van der Waals surface area contributed by atoms with Crippen LogP contribution in [-0.2, 0) is 19.6 Å². The molecule has 2 fully saturated rings. The lowest BCUT2D eigenvalue weighted by molar-refractivity contribution is -0.130. The second kappa shape index (κ2) is 9.55. The molecule has 0 atom stereocenters. The number of rotatable bonds is 5. The molecule has 2 heterocycles. The fourth-order valence-corrected chi connectivity index (χ4v) is 5.45. The SMILES string of the molecule is CC(C)c1ccc(S(=O)(=O)N2CCN(C(=O)c3ccc(N4NC(=O)CCC4=O)cc3)CC2)cc1. The van der Waals surface area contributed by atoms with Crippen molar-refractivity contribution in [3.8, 4) is 0 Å². The number of benzene rings is 2. The van der Waals surface area contributed by atoms with Crippen LogP contribution in [0.4, 0.5) is 5.69 Å². The van der Waals surface area contributed by atoms with Gasteiger partial charge >= 0.3 is 0 Å². The van der Waals surface area contributed by atoms with Crippen molar-refractivity contribution in [3.05, 3.63) is 59.7 Å². The Hall–Kier alpha value is -3.24. The van der Waals surface area contributed by atoms with E-state index in [1.807, 2.05) is 12.1 Å². The Morgan fingerprint density at radius 2 is 1.50 bits per heavy atom. The van der Waals surface area contributed by atoms with Crippen molar-refractivity contribution in [1.29, 1.82) is 0 Å². The normalized spacial score (nSPS) is 17.7. The third-order valence-electron chi connectivity index (χ3n) is 6.13. The summed E-state index contributed by atoms with van der Waals surface area (Å²) < 4.78 is 27.4. The average Bonchev–Trinajstić information content (AvgIpc) is 2.85. The summed E-state index contributed by atoms with van der Waals surface area (Å²) in [5.41, 5.74) is 4.51. The minimum absolute atomic E-state index is 0.140. The molecule has 2 aliphatic rings. The third-order valence-corrected chi connectivity index (χ3v) is 8.05. The standard InChI is InChI=1S/C24H28N4O5S/c1-17(2)18-5-9-21(10-6-18)34(32,33)27-15-13-26(14-16-27)24(31)19-3-7-20(8-4-19)28-23(30)12-11-22(29)25-28/h3-10,17H,11-16H2,1-2H3,(H,25,29). The first-order chi connectivity index (χ1) is 16.2. The van der Waals surface area contributed by atoms with Gasteiger partial charge in [0.1, 0.15) is 0 Å². The third kappa shape index (κ3) is 4.83. The molecule has 0 aliphatic carbocycles. The molecule has 180 valence electrons. The Balaban J connectivity index is 1.38. The maximum Gasteiger partial charge on any atom is 0.253 e. The van der Waals surface area contributed by atoms with Crippen LogP contribution in [0.3, 0.4) is 0 Å². The second-order valence-electron chi connectivity index (χ2n) is 8.73. The van der Waals surface area contributed by atoms with E-state index in [2.05, 4.69) is 19.3 Å². The van der Waals surface area contributed by atoms with E-state index >= 15 is 0 Å². The van der Waals surface area contributed by atoms with Crippen molar-refractivity contribution in [2.45, 2.75) is 37.5 Å². The summed E-state index contributed by atoms with van der Waals surface area (Å²) in [7, 11) is -3.62. The number of amides is 3. The number of nitrogens with zero attached hydrogens (tertiary/aromatic N) is 3. The summed E-state index contributed by atoms with van der Waals surface area (Å²) in [5.74, 6) is -0.336. The molecule has 0 bridgehead atoms. The van der Waals surface area contributed by atoms with E-state index in [9.17, 15) is 22.8 Å². The monoisotopic (exact) mass is 484 g/mol. The molecule has 9 nitrogen and oxygen atoms in total. The van der Waals surface area contributed by atoms with Crippen LogP contribution in [0, 0.1) is 0 Å². The average molecular weight is 485 g/mol. The smallest absolute Gasteiger partial charge is 0.253 e. The lowest BCUT2D eigenvalue weighted by atomic mass is 10.0. The van der Waals surface area contributed by atoms with E-state index in [0.717, 1.165) is 5.56 Å². The molecule has 0 radical (unpaired) electrons. The highest BCUT2D eigenvalue weighted by Crippen LogP contribution is 2.23. The quantitative estimate of drug-likeness (QED) is 0.700. The van der Waals surface area contributed by atoms with Gasteiger partial charge in [-0.1, -0.05) is 26.0 Å². The number of carbonyl (C=O) groups excluding carboxylic acids is 3. The fourth-order valence-electron chi connectivity index (χ4n) is 4.02. The predicted octanol–water partition coefficient (Wildman–Crippen LogP) is 2.11. The molecule has 2 aliphatic heterocycles. The molecule has 0 saturated carbocycles. The minimum Gasteiger partial charge on any atom is -0.336 e. The van der Waals surface area contributed by atoms with Crippen molar-refractivity contribution in [2.75, 3.05) is 31.2 Å². The van der Waals surface area contributed by atoms with E-state index in [1.54, 1.807) is 41.3 Å². The maximum atomic E-state index is 13.0. The van der Waals surface area contributed by atoms with Crippen LogP contribution < -0.4 is 10.4 Å². The van der Waals surface area contributed by atoms with Crippen LogP contribution in [0.25, 0.3) is 0 Å². The van der Waals surface area contributed by atoms with Gasteiger partial charge in [0.25, 0.3) is 5.91 Å². The van der Waals surface area contributed by atoms with Gasteiger partial charge in [-0.3, -0.25) is 19.8 Å². The maximum absolute atomic E-state index is 13.0. The molecule has 2 saturated heterocycles. The van der Waals surface area contributed by atoms with Gasteiger partial charge in [0.05, 0.1) is 10.6 Å². The van der Waals surface area contributed by atoms with Crippen molar-refractivity contribution < 1.29 is 22.8 Å². The van der Waals surface area contributed by atoms with Crippen LogP contribution in [0.5, 0.6) is 0 Å². The number of anilines is 1. The molecule has 10 heteroatoms. The minimum atomic E-state index is -3.62. The molecule has 34 heavy (non-hydrogen) atoms. The van der Waals surface area contributed by atoms with Crippen LogP contribution in [0.15, 0.2) is 53.4 Å². The highest BCUT2D eigenvalue weighted by atomic mass is 32.2. The van der Waals surface area contributed by atoms with Crippen molar-refractivity contribution >= 4 is 33.4 Å². The molecule has 2 aromatic rings. The summed E-state index contributed by atoms with van der Waals surface area (Å²) in [6.45, 7) is 5.10. The Kier molecular flexibility index (Phi) is 6.72. The molecule has 0 spiro atoms. The molecular weight excluding hydrogens is 456 g/mol. The van der Waals surface area contributed by atoms with E-state index in [-0.39, 0.29) is 61.6 Å². The molecule has 3 amide bonds. The summed E-state index contributed by atoms with van der Waals surface area (Å²) in [6, 6.07) is 13.4. The first-order valence-electron chi connectivity index (χ1n) is 11.3. The van der Waals surface area contributed by atoms with E-state index in [0.29, 0.717) is 17.2 Å². The van der Waals surface area contributed by atoms with Gasteiger partial charge in [-0.2, -0.15) is 4.31 Å². The van der Waals surface area contributed by atoms with Gasteiger partial charge in [0, 0.05) is 44.6 Å². The Bertz CT molecular complexity index is 1180. The number of carbonyl (C=O) groups is 3. The van der Waals surface area contributed by atoms with E-state index < -0.39 is 10.0 Å². The number of hydrogen-bond acceptors (Lipinski definition) is 5. The second-order valence-corrected chi connectivity index (χ2v) is 10.7. The lowest BCUT2D eigenvalue weighted by Gasteiger charge is -2.34. The molecular formula is C24H28N4O5S. The zero-order valence-corrected chi connectivity index (χ0v) is 20.0. The Morgan fingerprint density at radius 3 is 2.09 bits per heavy atom. The predicted molar refractivity (Wildman–Crippen MR) is 126 cm³/mol. The first-order valence-corrected chi connectivity index (χ1v) is 12.7. The van der Waals surface area contributed by atoms with Crippen LogP contribution >= 0.6 is 0 Å². The summed E-state index contributed by atoms with van der Waals surface area (Å²) in [6.07, 6.45) is 0.304. The van der Waals surface area contributed by atoms with E-state index in [4.69, 9.17) is 0 Å². The van der Waals surface area contributed by atoms with Gasteiger partial charge in [0.2, 0.25) is 21.8 Å². The topological polar surface area (TPSA) is 107 Å². The van der Waals surface area contributed by atoms with Crippen molar-refractivity contribution in [2.24, 2.45) is 0 Å². The van der Waals surface area contributed by atoms with Crippen molar-refractivity contribution in [1.82, 2.24) is 14.6 Å². The Morgan fingerprint density at radius 1 is 0.882 bits per heavy atom. The number of hydrogen-bond donors (Lipinski definition) is 1. The Labute approximate surface area is 199 Å². The van der Waals surface area contributed by atoms with Gasteiger partial charge < -0.3 is 4.90 Å².